The molecule has 3 N–H and O–H groups in total. The molecule has 1 heterocycles. The third-order valence-electron chi connectivity index (χ3n) is 5.37. The molecule has 2 unspecified atom stereocenters. The summed E-state index contributed by atoms with van der Waals surface area (Å²) >= 11 is 6.13. The van der Waals surface area contributed by atoms with Gasteiger partial charge >= 0.3 is 0 Å². The van der Waals surface area contributed by atoms with E-state index >= 15 is 0 Å². The molecule has 6 heteroatoms. The molecule has 25 heavy (non-hydrogen) atoms. The zero-order valence-corrected chi connectivity index (χ0v) is 15.8. The van der Waals surface area contributed by atoms with E-state index in [0.717, 1.165) is 26.1 Å². The van der Waals surface area contributed by atoms with Crippen LogP contribution in [0.25, 0.3) is 0 Å². The number of rotatable bonds is 4. The molecule has 2 bridgehead atoms. The highest BCUT2D eigenvalue weighted by Crippen LogP contribution is 2.39. The molecule has 1 saturated carbocycles. The van der Waals surface area contributed by atoms with Crippen LogP contribution < -0.4 is 15.8 Å². The van der Waals surface area contributed by atoms with Crippen LogP contribution in [0, 0.1) is 17.8 Å². The summed E-state index contributed by atoms with van der Waals surface area (Å²) in [4.78, 5) is 12.9. The van der Waals surface area contributed by atoms with Gasteiger partial charge in [-0.2, -0.15) is 0 Å². The summed E-state index contributed by atoms with van der Waals surface area (Å²) in [7, 11) is 0. The fraction of sp³-hybridized carbons (Fsp3) is 0.632. The predicted octanol–water partition coefficient (Wildman–Crippen LogP) is 3.50. The molecular formula is C19H27ClN2O3. The van der Waals surface area contributed by atoms with E-state index in [1.165, 1.54) is 0 Å². The molecule has 0 radical (unpaired) electrons. The molecule has 1 aliphatic heterocycles. The molecule has 2 fully saturated rings. The molecule has 3 rings (SSSR count). The number of halogens is 1. The Labute approximate surface area is 154 Å². The zero-order valence-electron chi connectivity index (χ0n) is 15.0. The molecule has 138 valence electrons. The van der Waals surface area contributed by atoms with Gasteiger partial charge in [-0.1, -0.05) is 18.5 Å². The van der Waals surface area contributed by atoms with E-state index in [2.05, 4.69) is 12.2 Å². The SMILES string of the molecule is CC(C)Oc1cc(N)c(Cl)cc1C(=O)NC1CC2COCC(C1)C2C. The smallest absolute Gasteiger partial charge is 0.255 e. The highest BCUT2D eigenvalue weighted by molar-refractivity contribution is 6.33. The van der Waals surface area contributed by atoms with Crippen molar-refractivity contribution in [3.05, 3.63) is 22.7 Å². The first kappa shape index (κ1) is 18.3. The van der Waals surface area contributed by atoms with Crippen LogP contribution in [0.15, 0.2) is 12.1 Å². The average Bonchev–Trinajstić information content (AvgIpc) is 2.51. The Morgan fingerprint density at radius 2 is 1.96 bits per heavy atom. The second-order valence-corrected chi connectivity index (χ2v) is 8.00. The number of fused-ring (bicyclic) bond motifs is 2. The van der Waals surface area contributed by atoms with Gasteiger partial charge in [-0.3, -0.25) is 4.79 Å². The molecule has 1 amide bonds. The van der Waals surface area contributed by atoms with Crippen LogP contribution in [0.4, 0.5) is 5.69 Å². The molecular weight excluding hydrogens is 340 g/mol. The van der Waals surface area contributed by atoms with Gasteiger partial charge < -0.3 is 20.5 Å². The number of ether oxygens (including phenoxy) is 2. The van der Waals surface area contributed by atoms with Gasteiger partial charge in [0.25, 0.3) is 5.91 Å². The topological polar surface area (TPSA) is 73.6 Å². The third-order valence-corrected chi connectivity index (χ3v) is 5.69. The highest BCUT2D eigenvalue weighted by Gasteiger charge is 2.39. The lowest BCUT2D eigenvalue weighted by Crippen LogP contribution is -2.48. The number of benzene rings is 1. The quantitative estimate of drug-likeness (QED) is 0.800. The Bertz CT molecular complexity index is 636. The monoisotopic (exact) mass is 366 g/mol. The average molecular weight is 367 g/mol. The number of carbonyl (C=O) groups excluding carboxylic acids is 1. The summed E-state index contributed by atoms with van der Waals surface area (Å²) in [5.74, 6) is 2.00. The lowest BCUT2D eigenvalue weighted by molar-refractivity contribution is -0.0569. The van der Waals surface area contributed by atoms with Crippen LogP contribution >= 0.6 is 11.6 Å². The predicted molar refractivity (Wildman–Crippen MR) is 99.1 cm³/mol. The highest BCUT2D eigenvalue weighted by atomic mass is 35.5. The molecule has 5 nitrogen and oxygen atoms in total. The number of amides is 1. The van der Waals surface area contributed by atoms with Crippen LogP contribution in [0.2, 0.25) is 5.02 Å². The minimum absolute atomic E-state index is 0.0563. The fourth-order valence-corrected chi connectivity index (χ4v) is 4.09. The van der Waals surface area contributed by atoms with Crippen LogP contribution in [0.1, 0.15) is 44.0 Å². The maximum absolute atomic E-state index is 12.9. The number of hydrogen-bond acceptors (Lipinski definition) is 4. The molecule has 2 atom stereocenters. The minimum Gasteiger partial charge on any atom is -0.490 e. The van der Waals surface area contributed by atoms with Crippen LogP contribution in [-0.4, -0.2) is 31.3 Å². The molecule has 1 aromatic rings. The largest absolute Gasteiger partial charge is 0.490 e. The van der Waals surface area contributed by atoms with Crippen molar-refractivity contribution in [1.82, 2.24) is 5.32 Å². The van der Waals surface area contributed by atoms with Crippen molar-refractivity contribution in [2.45, 2.75) is 45.8 Å². The maximum Gasteiger partial charge on any atom is 0.255 e. The molecule has 0 aromatic heterocycles. The van der Waals surface area contributed by atoms with Crippen molar-refractivity contribution in [3.8, 4) is 5.75 Å². The summed E-state index contributed by atoms with van der Waals surface area (Å²) in [6.07, 6.45) is 1.85. The molecule has 1 saturated heterocycles. The molecule has 1 aliphatic carbocycles. The lowest BCUT2D eigenvalue weighted by Gasteiger charge is -2.44. The first-order valence-corrected chi connectivity index (χ1v) is 9.37. The summed E-state index contributed by atoms with van der Waals surface area (Å²) in [6, 6.07) is 3.38. The van der Waals surface area contributed by atoms with Crippen molar-refractivity contribution in [1.29, 1.82) is 0 Å². The van der Waals surface area contributed by atoms with Gasteiger partial charge in [-0.25, -0.2) is 0 Å². The molecule has 1 aromatic carbocycles. The second-order valence-electron chi connectivity index (χ2n) is 7.60. The van der Waals surface area contributed by atoms with E-state index in [1.807, 2.05) is 13.8 Å². The van der Waals surface area contributed by atoms with Crippen LogP contribution in [0.3, 0.4) is 0 Å². The fourth-order valence-electron chi connectivity index (χ4n) is 3.93. The number of nitrogen functional groups attached to an aromatic ring is 1. The summed E-state index contributed by atoms with van der Waals surface area (Å²) < 4.78 is 11.4. The van der Waals surface area contributed by atoms with E-state index in [4.69, 9.17) is 26.8 Å². The van der Waals surface area contributed by atoms with E-state index in [0.29, 0.717) is 39.8 Å². The lowest BCUT2D eigenvalue weighted by atomic mass is 9.70. The Balaban J connectivity index is 1.76. The Kier molecular flexibility index (Phi) is 5.44. The Hall–Kier alpha value is -1.46. The number of nitrogens with one attached hydrogen (secondary N) is 1. The summed E-state index contributed by atoms with van der Waals surface area (Å²) in [6.45, 7) is 7.70. The Morgan fingerprint density at radius 3 is 2.56 bits per heavy atom. The minimum atomic E-state index is -0.156. The van der Waals surface area contributed by atoms with Gasteiger partial charge in [-0.05, 0) is 50.5 Å². The number of nitrogens with two attached hydrogens (primary N) is 1. The van der Waals surface area contributed by atoms with Gasteiger partial charge in [-0.15, -0.1) is 0 Å². The van der Waals surface area contributed by atoms with Gasteiger partial charge in [0, 0.05) is 25.3 Å². The number of hydrogen-bond donors (Lipinski definition) is 2. The normalized spacial score (nSPS) is 28.7. The van der Waals surface area contributed by atoms with E-state index in [1.54, 1.807) is 12.1 Å². The van der Waals surface area contributed by atoms with Gasteiger partial charge in [0.2, 0.25) is 0 Å². The number of carbonyl (C=O) groups is 1. The van der Waals surface area contributed by atoms with E-state index in [9.17, 15) is 4.79 Å². The second kappa shape index (κ2) is 7.42. The third kappa shape index (κ3) is 4.04. The van der Waals surface area contributed by atoms with Crippen molar-refractivity contribution in [2.75, 3.05) is 18.9 Å². The van der Waals surface area contributed by atoms with Crippen molar-refractivity contribution >= 4 is 23.2 Å². The van der Waals surface area contributed by atoms with Crippen molar-refractivity contribution < 1.29 is 14.3 Å². The van der Waals surface area contributed by atoms with Gasteiger partial charge in [0.15, 0.2) is 0 Å². The van der Waals surface area contributed by atoms with Crippen LogP contribution in [-0.2, 0) is 4.74 Å². The van der Waals surface area contributed by atoms with Gasteiger partial charge in [0.05, 0.1) is 22.4 Å². The first-order chi connectivity index (χ1) is 11.8. The van der Waals surface area contributed by atoms with Crippen molar-refractivity contribution in [3.63, 3.8) is 0 Å². The molecule has 2 aliphatic rings. The van der Waals surface area contributed by atoms with E-state index in [-0.39, 0.29) is 18.1 Å². The standard InChI is InChI=1S/C19H27ClN2O3/c1-10(2)25-18-7-17(21)16(20)6-15(18)19(23)22-14-4-12-8-24-9-13(5-14)11(12)3/h6-7,10-14H,4-5,8-9,21H2,1-3H3,(H,22,23). The molecule has 0 spiro atoms. The summed E-state index contributed by atoms with van der Waals surface area (Å²) in [5, 5.41) is 3.54. The van der Waals surface area contributed by atoms with Gasteiger partial charge in [0.1, 0.15) is 5.75 Å². The van der Waals surface area contributed by atoms with Crippen molar-refractivity contribution in [2.24, 2.45) is 17.8 Å². The van der Waals surface area contributed by atoms with Crippen LogP contribution in [0.5, 0.6) is 5.75 Å². The van der Waals surface area contributed by atoms with E-state index < -0.39 is 0 Å². The maximum atomic E-state index is 12.9. The number of anilines is 1. The summed E-state index contributed by atoms with van der Waals surface area (Å²) in [5.41, 5.74) is 6.72. The first-order valence-electron chi connectivity index (χ1n) is 8.99. The Morgan fingerprint density at radius 1 is 1.32 bits per heavy atom. The zero-order chi connectivity index (χ0) is 18.1.